The van der Waals surface area contributed by atoms with Crippen molar-refractivity contribution >= 4 is 12.4 Å². The van der Waals surface area contributed by atoms with Crippen LogP contribution in [0.4, 0.5) is 0 Å². The molecule has 3 rings (SSSR count). The molecule has 0 saturated carbocycles. The molecule has 0 spiro atoms. The number of halogens is 1. The van der Waals surface area contributed by atoms with Crippen LogP contribution in [0.5, 0.6) is 11.5 Å². The third kappa shape index (κ3) is 4.29. The van der Waals surface area contributed by atoms with E-state index in [1.165, 1.54) is 0 Å². The van der Waals surface area contributed by atoms with Gasteiger partial charge < -0.3 is 14.8 Å². The molecule has 1 N–H and O–H groups in total. The van der Waals surface area contributed by atoms with Gasteiger partial charge in [0, 0.05) is 17.8 Å². The van der Waals surface area contributed by atoms with Gasteiger partial charge in [0.2, 0.25) is 0 Å². The summed E-state index contributed by atoms with van der Waals surface area (Å²) < 4.78 is 12.7. The Hall–Kier alpha value is -2.57. The van der Waals surface area contributed by atoms with E-state index in [9.17, 15) is 0 Å². The van der Waals surface area contributed by atoms with Gasteiger partial charge in [-0.1, -0.05) is 30.3 Å². The monoisotopic (exact) mass is 360 g/mol. The first kappa shape index (κ1) is 18.8. The molecule has 0 atom stereocenters. The maximum atomic E-state index is 5.45. The van der Waals surface area contributed by atoms with Crippen molar-refractivity contribution in [3.63, 3.8) is 0 Å². The molecule has 1 heterocycles. The van der Waals surface area contributed by atoms with Gasteiger partial charge in [0.05, 0.1) is 20.8 Å². The van der Waals surface area contributed by atoms with Crippen LogP contribution in [0, 0.1) is 0 Å². The van der Waals surface area contributed by atoms with Crippen molar-refractivity contribution in [2.24, 2.45) is 0 Å². The van der Waals surface area contributed by atoms with E-state index in [1.807, 2.05) is 53.1 Å². The van der Waals surface area contributed by atoms with E-state index in [0.29, 0.717) is 13.1 Å². The molecule has 0 aliphatic heterocycles. The van der Waals surface area contributed by atoms with Crippen LogP contribution < -0.4 is 14.8 Å². The molecule has 0 aliphatic carbocycles. The second-order valence-electron chi connectivity index (χ2n) is 5.21. The summed E-state index contributed by atoms with van der Waals surface area (Å²) in [5.74, 6) is 2.32. The lowest BCUT2D eigenvalue weighted by molar-refractivity contribution is 0.350. The van der Waals surface area contributed by atoms with E-state index >= 15 is 0 Å². The molecule has 0 amide bonds. The van der Waals surface area contributed by atoms with E-state index in [1.54, 1.807) is 20.5 Å². The maximum absolute atomic E-state index is 5.45. The Kier molecular flexibility index (Phi) is 6.80. The number of methoxy groups -OCH3 is 2. The molecule has 0 unspecified atom stereocenters. The number of nitrogens with zero attached hydrogens (tertiary/aromatic N) is 3. The molecule has 0 aliphatic rings. The van der Waals surface area contributed by atoms with Crippen molar-refractivity contribution in [1.29, 1.82) is 0 Å². The number of aromatic nitrogens is 3. The van der Waals surface area contributed by atoms with Crippen LogP contribution >= 0.6 is 12.4 Å². The van der Waals surface area contributed by atoms with Crippen LogP contribution in [0.3, 0.4) is 0 Å². The standard InChI is InChI=1S/C18H20N4O2.ClH/c1-23-16-10-6-7-14(18(16)24-2)11-19-12-17-21-20-13-22(17)15-8-4-3-5-9-15;/h3-10,13,19H,11-12H2,1-2H3;1H. The van der Waals surface area contributed by atoms with Gasteiger partial charge in [-0.25, -0.2) is 0 Å². The third-order valence-corrected chi connectivity index (χ3v) is 3.74. The van der Waals surface area contributed by atoms with Gasteiger partial charge in [0.1, 0.15) is 6.33 Å². The first-order chi connectivity index (χ1) is 11.8. The Morgan fingerprint density at radius 1 is 0.960 bits per heavy atom. The Labute approximate surface area is 153 Å². The fraction of sp³-hybridized carbons (Fsp3) is 0.222. The summed E-state index contributed by atoms with van der Waals surface area (Å²) in [5, 5.41) is 11.6. The highest BCUT2D eigenvalue weighted by Gasteiger charge is 2.10. The average Bonchev–Trinajstić information content (AvgIpc) is 3.10. The van der Waals surface area contributed by atoms with Gasteiger partial charge in [0.15, 0.2) is 17.3 Å². The summed E-state index contributed by atoms with van der Waals surface area (Å²) in [4.78, 5) is 0. The zero-order chi connectivity index (χ0) is 16.8. The molecule has 3 aromatic rings. The first-order valence-corrected chi connectivity index (χ1v) is 7.68. The van der Waals surface area contributed by atoms with Gasteiger partial charge in [-0.3, -0.25) is 4.57 Å². The maximum Gasteiger partial charge on any atom is 0.165 e. The summed E-state index contributed by atoms with van der Waals surface area (Å²) in [6.07, 6.45) is 1.72. The predicted molar refractivity (Wildman–Crippen MR) is 98.7 cm³/mol. The number of para-hydroxylation sites is 2. The van der Waals surface area contributed by atoms with E-state index in [-0.39, 0.29) is 12.4 Å². The van der Waals surface area contributed by atoms with Crippen molar-refractivity contribution in [1.82, 2.24) is 20.1 Å². The number of ether oxygens (including phenoxy) is 2. The summed E-state index contributed by atoms with van der Waals surface area (Å²) in [6, 6.07) is 15.9. The normalized spacial score (nSPS) is 10.2. The van der Waals surface area contributed by atoms with Crippen LogP contribution in [-0.4, -0.2) is 29.0 Å². The second-order valence-corrected chi connectivity index (χ2v) is 5.21. The molecule has 6 nitrogen and oxygen atoms in total. The number of rotatable bonds is 7. The van der Waals surface area contributed by atoms with Crippen molar-refractivity contribution in [2.45, 2.75) is 13.1 Å². The van der Waals surface area contributed by atoms with E-state index < -0.39 is 0 Å². The summed E-state index contributed by atoms with van der Waals surface area (Å²) in [6.45, 7) is 1.23. The zero-order valence-electron chi connectivity index (χ0n) is 14.2. The van der Waals surface area contributed by atoms with Gasteiger partial charge in [0.25, 0.3) is 0 Å². The number of hydrogen-bond acceptors (Lipinski definition) is 5. The van der Waals surface area contributed by atoms with Crippen molar-refractivity contribution in [3.05, 3.63) is 66.2 Å². The van der Waals surface area contributed by atoms with Crippen LogP contribution in [0.2, 0.25) is 0 Å². The smallest absolute Gasteiger partial charge is 0.165 e. The molecule has 2 aromatic carbocycles. The lowest BCUT2D eigenvalue weighted by Crippen LogP contribution is -2.16. The zero-order valence-corrected chi connectivity index (χ0v) is 15.0. The molecule has 7 heteroatoms. The fourth-order valence-corrected chi connectivity index (χ4v) is 2.59. The molecule has 25 heavy (non-hydrogen) atoms. The highest BCUT2D eigenvalue weighted by molar-refractivity contribution is 5.85. The second kappa shape index (κ2) is 9.05. The largest absolute Gasteiger partial charge is 0.493 e. The van der Waals surface area contributed by atoms with Crippen LogP contribution in [0.1, 0.15) is 11.4 Å². The minimum absolute atomic E-state index is 0. The molecule has 1 aromatic heterocycles. The topological polar surface area (TPSA) is 61.2 Å². The van der Waals surface area contributed by atoms with Crippen LogP contribution in [0.15, 0.2) is 54.9 Å². The minimum Gasteiger partial charge on any atom is -0.493 e. The van der Waals surface area contributed by atoms with Crippen molar-refractivity contribution in [3.8, 4) is 17.2 Å². The molecule has 0 fully saturated rings. The summed E-state index contributed by atoms with van der Waals surface area (Å²) >= 11 is 0. The summed E-state index contributed by atoms with van der Waals surface area (Å²) in [7, 11) is 3.28. The Bertz CT molecular complexity index is 793. The van der Waals surface area contributed by atoms with Gasteiger partial charge in [-0.05, 0) is 18.2 Å². The van der Waals surface area contributed by atoms with Crippen molar-refractivity contribution in [2.75, 3.05) is 14.2 Å². The Morgan fingerprint density at radius 2 is 1.76 bits per heavy atom. The highest BCUT2D eigenvalue weighted by Crippen LogP contribution is 2.30. The SMILES string of the molecule is COc1cccc(CNCc2nncn2-c2ccccc2)c1OC.Cl. The molecule has 0 radical (unpaired) electrons. The molecule has 0 bridgehead atoms. The summed E-state index contributed by atoms with van der Waals surface area (Å²) in [5.41, 5.74) is 2.07. The Balaban J connectivity index is 0.00000225. The van der Waals surface area contributed by atoms with E-state index in [4.69, 9.17) is 9.47 Å². The average molecular weight is 361 g/mol. The van der Waals surface area contributed by atoms with Crippen molar-refractivity contribution < 1.29 is 9.47 Å². The van der Waals surface area contributed by atoms with Crippen LogP contribution in [-0.2, 0) is 13.1 Å². The van der Waals surface area contributed by atoms with E-state index in [2.05, 4.69) is 15.5 Å². The fourth-order valence-electron chi connectivity index (χ4n) is 2.59. The Morgan fingerprint density at radius 3 is 2.48 bits per heavy atom. The molecule has 0 saturated heterocycles. The highest BCUT2D eigenvalue weighted by atomic mass is 35.5. The molecular weight excluding hydrogens is 340 g/mol. The van der Waals surface area contributed by atoms with Gasteiger partial charge >= 0.3 is 0 Å². The lowest BCUT2D eigenvalue weighted by atomic mass is 10.2. The quantitative estimate of drug-likeness (QED) is 0.701. The number of hydrogen-bond donors (Lipinski definition) is 1. The van der Waals surface area contributed by atoms with E-state index in [0.717, 1.165) is 28.6 Å². The number of benzene rings is 2. The van der Waals surface area contributed by atoms with Gasteiger partial charge in [-0.2, -0.15) is 0 Å². The predicted octanol–water partition coefficient (Wildman–Crippen LogP) is 3.00. The lowest BCUT2D eigenvalue weighted by Gasteiger charge is -2.13. The van der Waals surface area contributed by atoms with Gasteiger partial charge in [-0.15, -0.1) is 22.6 Å². The number of nitrogens with one attached hydrogen (secondary N) is 1. The third-order valence-electron chi connectivity index (χ3n) is 3.74. The molecule has 132 valence electrons. The first-order valence-electron chi connectivity index (χ1n) is 7.68. The van der Waals surface area contributed by atoms with Crippen LogP contribution in [0.25, 0.3) is 5.69 Å². The molecular formula is C18H21ClN4O2. The minimum atomic E-state index is 0.